The molecule has 0 unspecified atom stereocenters. The molecular formula is C17H14ClN5O4. The zero-order chi connectivity index (χ0) is 19.6. The van der Waals surface area contributed by atoms with Crippen molar-refractivity contribution in [3.8, 4) is 11.5 Å². The highest BCUT2D eigenvalue weighted by atomic mass is 35.5. The van der Waals surface area contributed by atoms with Gasteiger partial charge in [-0.05, 0) is 12.1 Å². The Bertz CT molecular complexity index is 1080. The predicted molar refractivity (Wildman–Crippen MR) is 101 cm³/mol. The Labute approximate surface area is 157 Å². The minimum Gasteiger partial charge on any atom is -0.457 e. The summed E-state index contributed by atoms with van der Waals surface area (Å²) in [6.45, 7) is 0. The maximum absolute atomic E-state index is 12.1. The van der Waals surface area contributed by atoms with E-state index in [4.69, 9.17) is 22.1 Å². The minimum absolute atomic E-state index is 0.0144. The number of nitro groups is 1. The molecule has 27 heavy (non-hydrogen) atoms. The number of H-pyrrole nitrogens is 1. The molecule has 10 heteroatoms. The second kappa shape index (κ2) is 7.34. The van der Waals surface area contributed by atoms with Gasteiger partial charge in [0, 0.05) is 30.6 Å². The lowest BCUT2D eigenvalue weighted by Gasteiger charge is -2.06. The van der Waals surface area contributed by atoms with E-state index in [2.05, 4.69) is 15.3 Å². The molecule has 4 N–H and O–H groups in total. The number of rotatable bonds is 4. The van der Waals surface area contributed by atoms with Crippen LogP contribution in [0.15, 0.2) is 47.5 Å². The third-order valence-corrected chi connectivity index (χ3v) is 3.95. The molecule has 3 rings (SSSR count). The molecule has 9 nitrogen and oxygen atoms in total. The number of guanidine groups is 1. The van der Waals surface area contributed by atoms with Crippen molar-refractivity contribution in [2.45, 2.75) is 0 Å². The van der Waals surface area contributed by atoms with Gasteiger partial charge in [-0.2, -0.15) is 4.99 Å². The summed E-state index contributed by atoms with van der Waals surface area (Å²) in [5, 5.41) is 14.4. The van der Waals surface area contributed by atoms with E-state index in [-0.39, 0.29) is 23.1 Å². The summed E-state index contributed by atoms with van der Waals surface area (Å²) >= 11 is 6.27. The number of halogens is 1. The molecule has 0 radical (unpaired) electrons. The molecule has 1 aromatic heterocycles. The van der Waals surface area contributed by atoms with Gasteiger partial charge in [0.15, 0.2) is 5.96 Å². The summed E-state index contributed by atoms with van der Waals surface area (Å²) in [5.74, 6) is 0.0654. The zero-order valence-corrected chi connectivity index (χ0v) is 14.8. The normalized spacial score (nSPS) is 11.4. The smallest absolute Gasteiger partial charge is 0.296 e. The lowest BCUT2D eigenvalue weighted by molar-refractivity contribution is -0.384. The molecule has 0 spiro atoms. The Balaban J connectivity index is 1.94. The first-order valence-electron chi connectivity index (χ1n) is 7.68. The third kappa shape index (κ3) is 3.98. The van der Waals surface area contributed by atoms with Gasteiger partial charge in [-0.3, -0.25) is 14.9 Å². The molecule has 0 aliphatic heterocycles. The molecular weight excluding hydrogens is 374 g/mol. The molecule has 3 aromatic rings. The van der Waals surface area contributed by atoms with Gasteiger partial charge < -0.3 is 20.8 Å². The highest BCUT2D eigenvalue weighted by Crippen LogP contribution is 2.33. The number of fused-ring (bicyclic) bond motifs is 1. The first kappa shape index (κ1) is 18.2. The molecule has 2 aromatic carbocycles. The number of aromatic amines is 1. The van der Waals surface area contributed by atoms with Gasteiger partial charge >= 0.3 is 0 Å². The van der Waals surface area contributed by atoms with Crippen molar-refractivity contribution in [1.82, 2.24) is 10.3 Å². The maximum Gasteiger partial charge on any atom is 0.296 e. The predicted octanol–water partition coefficient (Wildman–Crippen LogP) is 3.20. The highest BCUT2D eigenvalue weighted by Gasteiger charge is 2.14. The van der Waals surface area contributed by atoms with Crippen LogP contribution in [0.2, 0.25) is 5.02 Å². The fraction of sp³-hybridized carbons (Fsp3) is 0.0588. The summed E-state index contributed by atoms with van der Waals surface area (Å²) in [4.78, 5) is 29.0. The van der Waals surface area contributed by atoms with Crippen molar-refractivity contribution in [2.75, 3.05) is 7.05 Å². The quantitative estimate of drug-likeness (QED) is 0.272. The van der Waals surface area contributed by atoms with E-state index in [1.54, 1.807) is 31.3 Å². The van der Waals surface area contributed by atoms with Crippen LogP contribution in [0.1, 0.15) is 10.5 Å². The highest BCUT2D eigenvalue weighted by molar-refractivity contribution is 6.35. The minimum atomic E-state index is -0.560. The summed E-state index contributed by atoms with van der Waals surface area (Å²) < 4.78 is 5.66. The molecule has 0 atom stereocenters. The van der Waals surface area contributed by atoms with Crippen molar-refractivity contribution in [1.29, 1.82) is 0 Å². The zero-order valence-electron chi connectivity index (χ0n) is 14.0. The number of hydrogen-bond acceptors (Lipinski definition) is 4. The molecule has 0 aliphatic carbocycles. The fourth-order valence-corrected chi connectivity index (χ4v) is 2.63. The topological polar surface area (TPSA) is 136 Å². The molecule has 1 amide bonds. The first-order valence-corrected chi connectivity index (χ1v) is 8.06. The average molecular weight is 388 g/mol. The molecule has 0 fully saturated rings. The Morgan fingerprint density at radius 1 is 1.30 bits per heavy atom. The molecule has 0 saturated heterocycles. The van der Waals surface area contributed by atoms with Gasteiger partial charge in [0.05, 0.1) is 21.5 Å². The molecule has 0 saturated carbocycles. The van der Waals surface area contributed by atoms with Crippen LogP contribution < -0.4 is 15.8 Å². The lowest BCUT2D eigenvalue weighted by Crippen LogP contribution is -2.28. The van der Waals surface area contributed by atoms with Gasteiger partial charge in [0.2, 0.25) is 0 Å². The molecule has 1 heterocycles. The first-order chi connectivity index (χ1) is 12.9. The Morgan fingerprint density at radius 2 is 2.07 bits per heavy atom. The van der Waals surface area contributed by atoms with Gasteiger partial charge in [-0.25, -0.2) is 0 Å². The molecule has 0 bridgehead atoms. The number of aromatic nitrogens is 1. The van der Waals surface area contributed by atoms with Crippen molar-refractivity contribution in [3.05, 3.63) is 63.3 Å². The van der Waals surface area contributed by atoms with Gasteiger partial charge in [0.1, 0.15) is 17.2 Å². The summed E-state index contributed by atoms with van der Waals surface area (Å²) in [6, 6.07) is 10.5. The monoisotopic (exact) mass is 387 g/mol. The van der Waals surface area contributed by atoms with Gasteiger partial charge in [0.25, 0.3) is 11.6 Å². The number of benzene rings is 2. The molecule has 138 valence electrons. The summed E-state index contributed by atoms with van der Waals surface area (Å²) in [6.07, 6.45) is 0. The fourth-order valence-electron chi connectivity index (χ4n) is 2.36. The summed E-state index contributed by atoms with van der Waals surface area (Å²) in [5.41, 5.74) is 6.15. The van der Waals surface area contributed by atoms with Crippen molar-refractivity contribution < 1.29 is 14.5 Å². The number of nitrogens with zero attached hydrogens (tertiary/aromatic N) is 2. The van der Waals surface area contributed by atoms with Crippen LogP contribution in [0, 0.1) is 10.1 Å². The Morgan fingerprint density at radius 3 is 2.78 bits per heavy atom. The van der Waals surface area contributed by atoms with Crippen LogP contribution >= 0.6 is 11.6 Å². The van der Waals surface area contributed by atoms with E-state index >= 15 is 0 Å². The standard InChI is InChI=1S/C17H14ClN5O4/c1-20-17(19)22-16(24)15-8-12-13(18)6-11(7-14(12)21-15)27-10-4-2-3-9(5-10)23(25)26/h2-8,21H,1H3,(H3,19,20,22,24). The summed E-state index contributed by atoms with van der Waals surface area (Å²) in [7, 11) is 1.55. The number of nitro benzene ring substituents is 1. The largest absolute Gasteiger partial charge is 0.457 e. The number of aliphatic imine (C=N–C) groups is 1. The number of ether oxygens (including phenoxy) is 1. The SMILES string of the molecule is CNC(N)=NC(=O)c1cc2c(Cl)cc(Oc3cccc([N+](=O)[O-])c3)cc2[nH]1. The number of nitrogens with one attached hydrogen (secondary N) is 2. The molecule has 0 aliphatic rings. The average Bonchev–Trinajstić information content (AvgIpc) is 3.06. The number of hydrogen-bond donors (Lipinski definition) is 3. The number of amides is 1. The number of carbonyl (C=O) groups excluding carboxylic acids is 1. The van der Waals surface area contributed by atoms with Gasteiger partial charge in [-0.15, -0.1) is 0 Å². The van der Waals surface area contributed by atoms with E-state index in [0.29, 0.717) is 21.7 Å². The second-order valence-corrected chi connectivity index (χ2v) is 5.87. The second-order valence-electron chi connectivity index (χ2n) is 5.46. The van der Waals surface area contributed by atoms with Crippen molar-refractivity contribution >= 4 is 40.1 Å². The maximum atomic E-state index is 12.1. The van der Waals surface area contributed by atoms with Crippen LogP contribution in [-0.2, 0) is 0 Å². The lowest BCUT2D eigenvalue weighted by atomic mass is 10.2. The Kier molecular flexibility index (Phi) is 4.95. The van der Waals surface area contributed by atoms with Gasteiger partial charge in [-0.1, -0.05) is 17.7 Å². The van der Waals surface area contributed by atoms with E-state index in [1.807, 2.05) is 0 Å². The van der Waals surface area contributed by atoms with Crippen molar-refractivity contribution in [3.63, 3.8) is 0 Å². The third-order valence-electron chi connectivity index (χ3n) is 3.63. The van der Waals surface area contributed by atoms with Crippen LogP contribution in [0.3, 0.4) is 0 Å². The van der Waals surface area contributed by atoms with E-state index in [1.165, 1.54) is 18.2 Å². The van der Waals surface area contributed by atoms with Crippen LogP contribution in [-0.4, -0.2) is 28.8 Å². The van der Waals surface area contributed by atoms with E-state index < -0.39 is 10.8 Å². The Hall–Kier alpha value is -3.59. The van der Waals surface area contributed by atoms with E-state index in [9.17, 15) is 14.9 Å². The number of carbonyl (C=O) groups is 1. The van der Waals surface area contributed by atoms with E-state index in [0.717, 1.165) is 0 Å². The van der Waals surface area contributed by atoms with Crippen LogP contribution in [0.4, 0.5) is 5.69 Å². The van der Waals surface area contributed by atoms with Crippen LogP contribution in [0.5, 0.6) is 11.5 Å². The van der Waals surface area contributed by atoms with Crippen molar-refractivity contribution in [2.24, 2.45) is 10.7 Å². The number of non-ortho nitro benzene ring substituents is 1. The number of nitrogens with two attached hydrogens (primary N) is 1. The van der Waals surface area contributed by atoms with Crippen LogP contribution in [0.25, 0.3) is 10.9 Å².